The zero-order valence-electron chi connectivity index (χ0n) is 15.5. The van der Waals surface area contributed by atoms with E-state index in [-0.39, 0.29) is 11.6 Å². The van der Waals surface area contributed by atoms with Crippen LogP contribution in [0.2, 0.25) is 0 Å². The van der Waals surface area contributed by atoms with E-state index in [0.717, 1.165) is 25.1 Å². The molecule has 3 heteroatoms. The molecular weight excluding hydrogens is 308 g/mol. The molecule has 2 aromatic carbocycles. The predicted octanol–water partition coefficient (Wildman–Crippen LogP) is 3.99. The highest BCUT2D eigenvalue weighted by atomic mass is 16.3. The Morgan fingerprint density at radius 1 is 1.12 bits per heavy atom. The molecule has 1 aliphatic carbocycles. The first kappa shape index (κ1) is 18.0. The van der Waals surface area contributed by atoms with E-state index in [1.54, 1.807) is 0 Å². The Bertz CT molecular complexity index is 681. The van der Waals surface area contributed by atoms with Crippen LogP contribution in [0.25, 0.3) is 0 Å². The Balaban J connectivity index is 1.53. The molecule has 3 N–H and O–H groups in total. The van der Waals surface area contributed by atoms with Crippen molar-refractivity contribution in [3.63, 3.8) is 0 Å². The lowest BCUT2D eigenvalue weighted by Crippen LogP contribution is -2.40. The first-order valence-electron chi connectivity index (χ1n) is 9.20. The number of rotatable bonds is 7. The van der Waals surface area contributed by atoms with Gasteiger partial charge in [0.2, 0.25) is 0 Å². The first-order valence-corrected chi connectivity index (χ1v) is 9.20. The summed E-state index contributed by atoms with van der Waals surface area (Å²) in [5.41, 5.74) is 9.11. The van der Waals surface area contributed by atoms with Crippen molar-refractivity contribution < 1.29 is 5.11 Å². The van der Waals surface area contributed by atoms with Crippen molar-refractivity contribution in [1.29, 1.82) is 0 Å². The number of aliphatic hydroxyl groups is 1. The fourth-order valence-corrected chi connectivity index (χ4v) is 3.65. The highest BCUT2D eigenvalue weighted by Crippen LogP contribution is 2.50. The molecule has 0 saturated heterocycles. The fourth-order valence-electron chi connectivity index (χ4n) is 3.65. The minimum atomic E-state index is -0.227. The van der Waals surface area contributed by atoms with Crippen molar-refractivity contribution in [2.24, 2.45) is 5.92 Å². The third-order valence-corrected chi connectivity index (χ3v) is 5.89. The molecule has 0 bridgehead atoms. The number of hydrogen-bond acceptors (Lipinski definition) is 3. The third kappa shape index (κ3) is 4.05. The molecule has 0 amide bonds. The average Bonchev–Trinajstić information content (AvgIpc) is 3.41. The van der Waals surface area contributed by atoms with Gasteiger partial charge >= 0.3 is 0 Å². The van der Waals surface area contributed by atoms with Crippen LogP contribution in [0.1, 0.15) is 43.7 Å². The number of nitrogens with two attached hydrogens (primary N) is 1. The van der Waals surface area contributed by atoms with Crippen LogP contribution in [-0.4, -0.2) is 29.7 Å². The highest BCUT2D eigenvalue weighted by molar-refractivity contribution is 5.41. The summed E-state index contributed by atoms with van der Waals surface area (Å²) in [6, 6.07) is 18.7. The number of hydrogen-bond donors (Lipinski definition) is 2. The molecule has 134 valence electrons. The molecule has 0 aromatic heterocycles. The smallest absolute Gasteiger partial charge is 0.0586 e. The van der Waals surface area contributed by atoms with E-state index in [1.807, 2.05) is 18.2 Å². The summed E-state index contributed by atoms with van der Waals surface area (Å²) in [6.07, 6.45) is 1.69. The lowest BCUT2D eigenvalue weighted by molar-refractivity contribution is 0.0931. The van der Waals surface area contributed by atoms with Gasteiger partial charge in [-0.05, 0) is 68.8 Å². The van der Waals surface area contributed by atoms with Crippen LogP contribution >= 0.6 is 0 Å². The molecule has 3 nitrogen and oxygen atoms in total. The molecule has 1 fully saturated rings. The molecule has 3 rings (SSSR count). The standard InChI is InChI=1S/C22H30N2O/c1-22(2,17-9-11-18(23)12-10-17)24(3)14-13-21(25)20-15-19(20)16-7-5-4-6-8-16/h4-12,19-21,25H,13-15,23H2,1-3H3. The van der Waals surface area contributed by atoms with Crippen molar-refractivity contribution in [3.8, 4) is 0 Å². The molecule has 25 heavy (non-hydrogen) atoms. The van der Waals surface area contributed by atoms with Gasteiger partial charge in [-0.15, -0.1) is 0 Å². The maximum Gasteiger partial charge on any atom is 0.0586 e. The molecule has 0 heterocycles. The second kappa shape index (κ2) is 7.19. The van der Waals surface area contributed by atoms with Gasteiger partial charge in [0, 0.05) is 17.8 Å². The zero-order valence-corrected chi connectivity index (χ0v) is 15.5. The van der Waals surface area contributed by atoms with Crippen LogP contribution in [-0.2, 0) is 5.54 Å². The van der Waals surface area contributed by atoms with E-state index < -0.39 is 0 Å². The largest absolute Gasteiger partial charge is 0.399 e. The van der Waals surface area contributed by atoms with E-state index in [9.17, 15) is 5.11 Å². The van der Waals surface area contributed by atoms with Gasteiger partial charge in [-0.1, -0.05) is 42.5 Å². The molecule has 0 radical (unpaired) electrons. The van der Waals surface area contributed by atoms with Gasteiger partial charge < -0.3 is 10.8 Å². The van der Waals surface area contributed by atoms with Crippen LogP contribution in [0.5, 0.6) is 0 Å². The van der Waals surface area contributed by atoms with Crippen molar-refractivity contribution in [1.82, 2.24) is 4.90 Å². The van der Waals surface area contributed by atoms with Crippen LogP contribution < -0.4 is 5.73 Å². The second-order valence-electron chi connectivity index (χ2n) is 7.88. The average molecular weight is 338 g/mol. The van der Waals surface area contributed by atoms with Crippen molar-refractivity contribution in [2.75, 3.05) is 19.3 Å². The Labute approximate surface area is 151 Å². The zero-order chi connectivity index (χ0) is 18.0. The number of anilines is 1. The number of aliphatic hydroxyl groups excluding tert-OH is 1. The van der Waals surface area contributed by atoms with Gasteiger partial charge in [0.25, 0.3) is 0 Å². The molecule has 1 saturated carbocycles. The van der Waals surface area contributed by atoms with Crippen LogP contribution in [0.3, 0.4) is 0 Å². The molecule has 1 aliphatic rings. The first-order chi connectivity index (χ1) is 11.9. The summed E-state index contributed by atoms with van der Waals surface area (Å²) >= 11 is 0. The lowest BCUT2D eigenvalue weighted by atomic mass is 9.92. The Morgan fingerprint density at radius 3 is 2.40 bits per heavy atom. The van der Waals surface area contributed by atoms with Gasteiger partial charge in [-0.25, -0.2) is 0 Å². The summed E-state index contributed by atoms with van der Waals surface area (Å²) in [7, 11) is 2.13. The third-order valence-electron chi connectivity index (χ3n) is 5.89. The summed E-state index contributed by atoms with van der Waals surface area (Å²) < 4.78 is 0. The predicted molar refractivity (Wildman–Crippen MR) is 104 cm³/mol. The van der Waals surface area contributed by atoms with Gasteiger partial charge in [-0.3, -0.25) is 4.90 Å². The van der Waals surface area contributed by atoms with Gasteiger partial charge in [0.05, 0.1) is 6.10 Å². The Kier molecular flexibility index (Phi) is 5.16. The molecule has 0 aliphatic heterocycles. The maximum atomic E-state index is 10.6. The van der Waals surface area contributed by atoms with Crippen molar-refractivity contribution in [3.05, 3.63) is 65.7 Å². The molecule has 3 atom stereocenters. The summed E-state index contributed by atoms with van der Waals surface area (Å²) in [5.74, 6) is 0.946. The Hall–Kier alpha value is -1.84. The van der Waals surface area contributed by atoms with Crippen molar-refractivity contribution >= 4 is 5.69 Å². The summed E-state index contributed by atoms with van der Waals surface area (Å²) in [5, 5.41) is 10.6. The van der Waals surface area contributed by atoms with E-state index in [4.69, 9.17) is 5.73 Å². The summed E-state index contributed by atoms with van der Waals surface area (Å²) in [4.78, 5) is 2.32. The van der Waals surface area contributed by atoms with E-state index in [1.165, 1.54) is 11.1 Å². The fraction of sp³-hybridized carbons (Fsp3) is 0.455. The van der Waals surface area contributed by atoms with E-state index in [0.29, 0.717) is 11.8 Å². The maximum absolute atomic E-state index is 10.6. The van der Waals surface area contributed by atoms with Crippen LogP contribution in [0.4, 0.5) is 5.69 Å². The number of nitrogen functional groups attached to an aromatic ring is 1. The normalized spacial score (nSPS) is 21.3. The molecule has 0 spiro atoms. The SMILES string of the molecule is CN(CCC(O)C1CC1c1ccccc1)C(C)(C)c1ccc(N)cc1. The minimum Gasteiger partial charge on any atom is -0.399 e. The molecule has 2 aromatic rings. The topological polar surface area (TPSA) is 49.5 Å². The lowest BCUT2D eigenvalue weighted by Gasteiger charge is -2.36. The monoisotopic (exact) mass is 338 g/mol. The van der Waals surface area contributed by atoms with Crippen LogP contribution in [0.15, 0.2) is 54.6 Å². The van der Waals surface area contributed by atoms with Gasteiger partial charge in [-0.2, -0.15) is 0 Å². The number of nitrogens with zero attached hydrogens (tertiary/aromatic N) is 1. The van der Waals surface area contributed by atoms with E-state index >= 15 is 0 Å². The highest BCUT2D eigenvalue weighted by Gasteiger charge is 2.43. The quantitative estimate of drug-likeness (QED) is 0.751. The van der Waals surface area contributed by atoms with Crippen LogP contribution in [0, 0.1) is 5.92 Å². The van der Waals surface area contributed by atoms with Gasteiger partial charge in [0.1, 0.15) is 0 Å². The van der Waals surface area contributed by atoms with Crippen molar-refractivity contribution in [2.45, 2.75) is 44.2 Å². The second-order valence-corrected chi connectivity index (χ2v) is 7.88. The Morgan fingerprint density at radius 2 is 1.76 bits per heavy atom. The number of benzene rings is 2. The summed E-state index contributed by atoms with van der Waals surface area (Å²) in [6.45, 7) is 5.31. The minimum absolute atomic E-state index is 0.0875. The molecule has 3 unspecified atom stereocenters. The van der Waals surface area contributed by atoms with Gasteiger partial charge in [0.15, 0.2) is 0 Å². The van der Waals surface area contributed by atoms with E-state index in [2.05, 4.69) is 62.2 Å². The molecular formula is C22H30N2O.